The second-order valence-corrected chi connectivity index (χ2v) is 8.07. The van der Waals surface area contributed by atoms with Gasteiger partial charge in [0.25, 0.3) is 0 Å². The van der Waals surface area contributed by atoms with Gasteiger partial charge in [-0.25, -0.2) is 13.2 Å². The van der Waals surface area contributed by atoms with E-state index in [4.69, 9.17) is 4.74 Å². The molecule has 176 valence electrons. The van der Waals surface area contributed by atoms with Crippen LogP contribution < -0.4 is 10.1 Å². The van der Waals surface area contributed by atoms with E-state index in [9.17, 15) is 22.8 Å². The van der Waals surface area contributed by atoms with Crippen molar-refractivity contribution in [3.05, 3.63) is 84.2 Å². The number of anilines is 1. The summed E-state index contributed by atoms with van der Waals surface area (Å²) in [5.74, 6) is -4.99. The van der Waals surface area contributed by atoms with Crippen LogP contribution in [-0.2, 0) is 9.59 Å². The number of likely N-dealkylation sites (tertiary alicyclic amines) is 1. The topological polar surface area (TPSA) is 58.6 Å². The van der Waals surface area contributed by atoms with Crippen LogP contribution >= 0.6 is 0 Å². The number of rotatable bonds is 6. The summed E-state index contributed by atoms with van der Waals surface area (Å²) in [5.41, 5.74) is 2.69. The summed E-state index contributed by atoms with van der Waals surface area (Å²) in [6, 6.07) is 18.8. The van der Waals surface area contributed by atoms with Gasteiger partial charge in [-0.15, -0.1) is 0 Å². The first-order valence-electron chi connectivity index (χ1n) is 10.9. The molecule has 0 aromatic heterocycles. The summed E-state index contributed by atoms with van der Waals surface area (Å²) < 4.78 is 45.3. The molecule has 1 N–H and O–H groups in total. The molecule has 0 unspecified atom stereocenters. The molecule has 3 aromatic carbocycles. The first kappa shape index (κ1) is 23.4. The summed E-state index contributed by atoms with van der Waals surface area (Å²) in [5, 5.41) is 2.73. The number of carbonyl (C=O) groups excluding carboxylic acids is 2. The van der Waals surface area contributed by atoms with Gasteiger partial charge in [0.15, 0.2) is 17.5 Å². The highest BCUT2D eigenvalue weighted by Gasteiger charge is 2.26. The SMILES string of the molecule is O=C(CC(=O)N1CCC(Oc2cc(F)c(F)c(F)c2)CC1)Nc1ccc(-c2ccccc2)cc1. The predicted molar refractivity (Wildman–Crippen MR) is 122 cm³/mol. The van der Waals surface area contributed by atoms with Crippen molar-refractivity contribution in [2.24, 2.45) is 0 Å². The van der Waals surface area contributed by atoms with Gasteiger partial charge in [-0.05, 0) is 23.3 Å². The van der Waals surface area contributed by atoms with Crippen molar-refractivity contribution in [3.63, 3.8) is 0 Å². The Morgan fingerprint density at radius 3 is 2.09 bits per heavy atom. The molecule has 8 heteroatoms. The molecule has 1 aliphatic rings. The van der Waals surface area contributed by atoms with Crippen LogP contribution in [0.3, 0.4) is 0 Å². The molecular weight excluding hydrogens is 445 g/mol. The second kappa shape index (κ2) is 10.4. The minimum atomic E-state index is -1.54. The fourth-order valence-electron chi connectivity index (χ4n) is 3.85. The molecule has 4 rings (SSSR count). The summed E-state index contributed by atoms with van der Waals surface area (Å²) in [4.78, 5) is 26.4. The zero-order chi connectivity index (χ0) is 24.1. The van der Waals surface area contributed by atoms with Gasteiger partial charge < -0.3 is 15.0 Å². The molecule has 0 saturated carbocycles. The van der Waals surface area contributed by atoms with Gasteiger partial charge in [0, 0.05) is 43.8 Å². The maximum Gasteiger partial charge on any atom is 0.233 e. The van der Waals surface area contributed by atoms with E-state index >= 15 is 0 Å². The molecule has 1 fully saturated rings. The van der Waals surface area contributed by atoms with Crippen molar-refractivity contribution in [1.29, 1.82) is 0 Å². The van der Waals surface area contributed by atoms with Gasteiger partial charge in [0.05, 0.1) is 0 Å². The molecule has 34 heavy (non-hydrogen) atoms. The molecule has 0 atom stereocenters. The fourth-order valence-corrected chi connectivity index (χ4v) is 3.85. The normalized spacial score (nSPS) is 14.0. The van der Waals surface area contributed by atoms with Crippen LogP contribution in [0.5, 0.6) is 5.75 Å². The molecule has 0 radical (unpaired) electrons. The lowest BCUT2D eigenvalue weighted by atomic mass is 10.1. The Bertz CT molecular complexity index is 1140. The van der Waals surface area contributed by atoms with E-state index in [1.807, 2.05) is 42.5 Å². The lowest BCUT2D eigenvalue weighted by Crippen LogP contribution is -2.42. The van der Waals surface area contributed by atoms with Crippen molar-refractivity contribution in [2.45, 2.75) is 25.4 Å². The van der Waals surface area contributed by atoms with Crippen molar-refractivity contribution < 1.29 is 27.5 Å². The minimum absolute atomic E-state index is 0.0983. The molecule has 2 amide bonds. The van der Waals surface area contributed by atoms with E-state index in [-0.39, 0.29) is 24.2 Å². The van der Waals surface area contributed by atoms with Crippen LogP contribution in [0.15, 0.2) is 66.7 Å². The maximum absolute atomic E-state index is 13.4. The highest BCUT2D eigenvalue weighted by molar-refractivity contribution is 6.03. The van der Waals surface area contributed by atoms with Gasteiger partial charge in [-0.1, -0.05) is 42.5 Å². The summed E-state index contributed by atoms with van der Waals surface area (Å²) >= 11 is 0. The zero-order valence-electron chi connectivity index (χ0n) is 18.3. The largest absolute Gasteiger partial charge is 0.490 e. The number of nitrogens with one attached hydrogen (secondary N) is 1. The second-order valence-electron chi connectivity index (χ2n) is 8.07. The van der Waals surface area contributed by atoms with E-state index in [2.05, 4.69) is 5.32 Å². The van der Waals surface area contributed by atoms with Gasteiger partial charge in [-0.2, -0.15) is 0 Å². The molecule has 1 heterocycles. The zero-order valence-corrected chi connectivity index (χ0v) is 18.3. The summed E-state index contributed by atoms with van der Waals surface area (Å²) in [7, 11) is 0. The van der Waals surface area contributed by atoms with Gasteiger partial charge in [0.1, 0.15) is 18.3 Å². The molecule has 5 nitrogen and oxygen atoms in total. The van der Waals surface area contributed by atoms with E-state index in [1.165, 1.54) is 0 Å². The number of halogens is 3. The van der Waals surface area contributed by atoms with Gasteiger partial charge >= 0.3 is 0 Å². The van der Waals surface area contributed by atoms with Crippen molar-refractivity contribution in [1.82, 2.24) is 4.90 Å². The van der Waals surface area contributed by atoms with Crippen LogP contribution in [-0.4, -0.2) is 35.9 Å². The number of carbonyl (C=O) groups is 2. The van der Waals surface area contributed by atoms with Crippen molar-refractivity contribution in [3.8, 4) is 16.9 Å². The molecule has 0 aliphatic carbocycles. The molecule has 0 bridgehead atoms. The Balaban J connectivity index is 1.24. The van der Waals surface area contributed by atoms with Crippen LogP contribution in [0.4, 0.5) is 18.9 Å². The lowest BCUT2D eigenvalue weighted by molar-refractivity contribution is -0.136. The van der Waals surface area contributed by atoms with Gasteiger partial charge in [0.2, 0.25) is 11.8 Å². The third-order valence-electron chi connectivity index (χ3n) is 5.64. The molecule has 3 aromatic rings. The Morgan fingerprint density at radius 2 is 1.47 bits per heavy atom. The van der Waals surface area contributed by atoms with Gasteiger partial charge in [-0.3, -0.25) is 9.59 Å². The van der Waals surface area contributed by atoms with E-state index < -0.39 is 23.4 Å². The number of hydrogen-bond donors (Lipinski definition) is 1. The van der Waals surface area contributed by atoms with E-state index in [0.717, 1.165) is 23.3 Å². The highest BCUT2D eigenvalue weighted by Crippen LogP contribution is 2.24. The van der Waals surface area contributed by atoms with Crippen molar-refractivity contribution >= 4 is 17.5 Å². The summed E-state index contributed by atoms with van der Waals surface area (Å²) in [6.45, 7) is 0.684. The average molecular weight is 468 g/mol. The molecule has 1 aliphatic heterocycles. The monoisotopic (exact) mass is 468 g/mol. The van der Waals surface area contributed by atoms with Crippen LogP contribution in [0, 0.1) is 17.5 Å². The van der Waals surface area contributed by atoms with E-state index in [0.29, 0.717) is 31.6 Å². The number of amides is 2. The number of piperidine rings is 1. The highest BCUT2D eigenvalue weighted by atomic mass is 19.2. The first-order chi connectivity index (χ1) is 16.4. The Hall–Kier alpha value is -3.81. The van der Waals surface area contributed by atoms with Crippen LogP contribution in [0.25, 0.3) is 11.1 Å². The number of nitrogens with zero attached hydrogens (tertiary/aromatic N) is 1. The fraction of sp³-hybridized carbons (Fsp3) is 0.231. The smallest absolute Gasteiger partial charge is 0.233 e. The summed E-state index contributed by atoms with van der Waals surface area (Å²) in [6.07, 6.45) is 0.190. The third kappa shape index (κ3) is 5.75. The standard InChI is InChI=1S/C26H23F3N2O3/c27-22-14-21(15-23(28)26(22)29)34-20-10-12-31(13-11-20)25(33)16-24(32)30-19-8-6-18(7-9-19)17-4-2-1-3-5-17/h1-9,14-15,20H,10-13,16H2,(H,30,32). The van der Waals surface area contributed by atoms with Crippen LogP contribution in [0.1, 0.15) is 19.3 Å². The Labute approximate surface area is 195 Å². The average Bonchev–Trinajstić information content (AvgIpc) is 2.84. The quantitative estimate of drug-likeness (QED) is 0.401. The third-order valence-corrected chi connectivity index (χ3v) is 5.64. The number of hydrogen-bond acceptors (Lipinski definition) is 3. The Kier molecular flexibility index (Phi) is 7.15. The van der Waals surface area contributed by atoms with E-state index in [1.54, 1.807) is 17.0 Å². The Morgan fingerprint density at radius 1 is 0.882 bits per heavy atom. The lowest BCUT2D eigenvalue weighted by Gasteiger charge is -2.32. The number of benzene rings is 3. The molecule has 1 saturated heterocycles. The maximum atomic E-state index is 13.4. The molecular formula is C26H23F3N2O3. The predicted octanol–water partition coefficient (Wildman–Crippen LogP) is 5.17. The number of ether oxygens (including phenoxy) is 1. The van der Waals surface area contributed by atoms with Crippen LogP contribution in [0.2, 0.25) is 0 Å². The minimum Gasteiger partial charge on any atom is -0.490 e. The van der Waals surface area contributed by atoms with Crippen molar-refractivity contribution in [2.75, 3.05) is 18.4 Å². The molecule has 0 spiro atoms. The first-order valence-corrected chi connectivity index (χ1v) is 10.9.